The van der Waals surface area contributed by atoms with Crippen LogP contribution in [0.25, 0.3) is 0 Å². The van der Waals surface area contributed by atoms with E-state index in [0.29, 0.717) is 11.7 Å². The van der Waals surface area contributed by atoms with Crippen molar-refractivity contribution in [2.24, 2.45) is 0 Å². The summed E-state index contributed by atoms with van der Waals surface area (Å²) in [6, 6.07) is 3.67. The summed E-state index contributed by atoms with van der Waals surface area (Å²) in [5.41, 5.74) is 0.945. The average Bonchev–Trinajstić information content (AvgIpc) is 2.08. The SMILES string of the molecule is CC(C)N(O)Cc1ccc(Cl)nc1. The molecule has 1 aromatic rings. The van der Waals surface area contributed by atoms with Gasteiger partial charge in [-0.3, -0.25) is 0 Å². The van der Waals surface area contributed by atoms with Gasteiger partial charge in [0.15, 0.2) is 0 Å². The van der Waals surface area contributed by atoms with Crippen molar-refractivity contribution in [3.8, 4) is 0 Å². The van der Waals surface area contributed by atoms with Gasteiger partial charge in [0.25, 0.3) is 0 Å². The van der Waals surface area contributed by atoms with Crippen LogP contribution in [-0.2, 0) is 6.54 Å². The second kappa shape index (κ2) is 4.56. The smallest absolute Gasteiger partial charge is 0.129 e. The molecule has 3 nitrogen and oxygen atoms in total. The van der Waals surface area contributed by atoms with E-state index in [0.717, 1.165) is 5.56 Å². The first-order valence-electron chi connectivity index (χ1n) is 4.15. The molecule has 13 heavy (non-hydrogen) atoms. The summed E-state index contributed by atoms with van der Waals surface area (Å²) < 4.78 is 0. The molecule has 0 bridgehead atoms. The zero-order valence-corrected chi connectivity index (χ0v) is 8.49. The van der Waals surface area contributed by atoms with Crippen LogP contribution in [0.3, 0.4) is 0 Å². The molecular formula is C9H13ClN2O. The number of halogens is 1. The topological polar surface area (TPSA) is 36.4 Å². The summed E-state index contributed by atoms with van der Waals surface area (Å²) in [5, 5.41) is 11.1. The fourth-order valence-corrected chi connectivity index (χ4v) is 0.981. The van der Waals surface area contributed by atoms with Crippen LogP contribution < -0.4 is 0 Å². The predicted octanol–water partition coefficient (Wildman–Crippen LogP) is 2.33. The Morgan fingerprint density at radius 3 is 2.69 bits per heavy atom. The van der Waals surface area contributed by atoms with Gasteiger partial charge >= 0.3 is 0 Å². The van der Waals surface area contributed by atoms with Gasteiger partial charge in [-0.25, -0.2) is 4.98 Å². The van der Waals surface area contributed by atoms with E-state index >= 15 is 0 Å². The van der Waals surface area contributed by atoms with E-state index in [9.17, 15) is 5.21 Å². The molecule has 0 spiro atoms. The van der Waals surface area contributed by atoms with Gasteiger partial charge in [0.05, 0.1) is 6.54 Å². The number of hydrogen-bond donors (Lipinski definition) is 1. The van der Waals surface area contributed by atoms with Crippen molar-refractivity contribution in [2.75, 3.05) is 0 Å². The van der Waals surface area contributed by atoms with Crippen molar-refractivity contribution in [3.63, 3.8) is 0 Å². The van der Waals surface area contributed by atoms with E-state index in [1.165, 1.54) is 5.06 Å². The first-order valence-corrected chi connectivity index (χ1v) is 4.53. The fourth-order valence-electron chi connectivity index (χ4n) is 0.870. The Kier molecular flexibility index (Phi) is 3.66. The lowest BCUT2D eigenvalue weighted by atomic mass is 10.2. The average molecular weight is 201 g/mol. The maximum atomic E-state index is 9.42. The number of aromatic nitrogens is 1. The minimum absolute atomic E-state index is 0.107. The zero-order valence-electron chi connectivity index (χ0n) is 7.74. The molecule has 0 aromatic carbocycles. The number of hydroxylamine groups is 2. The maximum Gasteiger partial charge on any atom is 0.129 e. The van der Waals surface area contributed by atoms with Gasteiger partial charge in [-0.15, -0.1) is 0 Å². The van der Waals surface area contributed by atoms with Gasteiger partial charge in [0, 0.05) is 12.2 Å². The second-order valence-electron chi connectivity index (χ2n) is 3.18. The summed E-state index contributed by atoms with van der Waals surface area (Å²) >= 11 is 5.62. The third-order valence-electron chi connectivity index (χ3n) is 1.73. The van der Waals surface area contributed by atoms with Gasteiger partial charge in [-0.1, -0.05) is 17.7 Å². The highest BCUT2D eigenvalue weighted by Gasteiger charge is 2.05. The van der Waals surface area contributed by atoms with Gasteiger partial charge in [0.2, 0.25) is 0 Å². The molecule has 1 aromatic heterocycles. The molecule has 1 rings (SSSR count). The molecule has 0 aliphatic heterocycles. The van der Waals surface area contributed by atoms with E-state index in [-0.39, 0.29) is 6.04 Å². The van der Waals surface area contributed by atoms with E-state index < -0.39 is 0 Å². The van der Waals surface area contributed by atoms with Crippen molar-refractivity contribution in [2.45, 2.75) is 26.4 Å². The molecule has 0 saturated heterocycles. The molecule has 0 radical (unpaired) electrons. The molecular weight excluding hydrogens is 188 g/mol. The lowest BCUT2D eigenvalue weighted by Gasteiger charge is -2.18. The predicted molar refractivity (Wildman–Crippen MR) is 51.7 cm³/mol. The van der Waals surface area contributed by atoms with Gasteiger partial charge in [-0.2, -0.15) is 5.06 Å². The largest absolute Gasteiger partial charge is 0.313 e. The Labute approximate surface area is 82.9 Å². The highest BCUT2D eigenvalue weighted by atomic mass is 35.5. The van der Waals surface area contributed by atoms with Crippen LogP contribution in [0, 0.1) is 0 Å². The van der Waals surface area contributed by atoms with Crippen LogP contribution in [0.4, 0.5) is 0 Å². The van der Waals surface area contributed by atoms with Gasteiger partial charge in [-0.05, 0) is 25.5 Å². The maximum absolute atomic E-state index is 9.42. The third kappa shape index (κ3) is 3.30. The van der Waals surface area contributed by atoms with E-state index in [4.69, 9.17) is 11.6 Å². The lowest BCUT2D eigenvalue weighted by Crippen LogP contribution is -2.26. The number of hydrogen-bond acceptors (Lipinski definition) is 3. The molecule has 0 fully saturated rings. The first-order chi connectivity index (χ1) is 6.09. The number of nitrogens with zero attached hydrogens (tertiary/aromatic N) is 2. The second-order valence-corrected chi connectivity index (χ2v) is 3.57. The molecule has 0 aliphatic carbocycles. The first kappa shape index (κ1) is 10.4. The minimum Gasteiger partial charge on any atom is -0.313 e. The standard InChI is InChI=1S/C9H13ClN2O/c1-7(2)12(13)6-8-3-4-9(10)11-5-8/h3-5,7,13H,6H2,1-2H3. The Balaban J connectivity index is 2.59. The van der Waals surface area contributed by atoms with Crippen molar-refractivity contribution in [1.82, 2.24) is 10.0 Å². The Bertz CT molecular complexity index is 261. The zero-order chi connectivity index (χ0) is 9.84. The molecule has 72 valence electrons. The van der Waals surface area contributed by atoms with E-state index in [1.54, 1.807) is 12.3 Å². The van der Waals surface area contributed by atoms with Crippen LogP contribution in [-0.4, -0.2) is 21.3 Å². The molecule has 4 heteroatoms. The van der Waals surface area contributed by atoms with E-state index in [2.05, 4.69) is 4.98 Å². The van der Waals surface area contributed by atoms with E-state index in [1.807, 2.05) is 19.9 Å². The summed E-state index contributed by atoms with van der Waals surface area (Å²) in [5.74, 6) is 0. The quantitative estimate of drug-likeness (QED) is 0.601. The van der Waals surface area contributed by atoms with Crippen LogP contribution in [0.5, 0.6) is 0 Å². The lowest BCUT2D eigenvalue weighted by molar-refractivity contribution is -0.125. The van der Waals surface area contributed by atoms with Crippen molar-refractivity contribution in [3.05, 3.63) is 29.0 Å². The number of pyridine rings is 1. The Morgan fingerprint density at radius 1 is 1.54 bits per heavy atom. The van der Waals surface area contributed by atoms with Crippen LogP contribution in [0.2, 0.25) is 5.15 Å². The molecule has 0 unspecified atom stereocenters. The number of rotatable bonds is 3. The summed E-state index contributed by atoms with van der Waals surface area (Å²) in [4.78, 5) is 3.92. The molecule has 1 N–H and O–H groups in total. The van der Waals surface area contributed by atoms with Gasteiger partial charge < -0.3 is 5.21 Å². The highest BCUT2D eigenvalue weighted by molar-refractivity contribution is 6.29. The fraction of sp³-hybridized carbons (Fsp3) is 0.444. The molecule has 0 atom stereocenters. The van der Waals surface area contributed by atoms with Crippen molar-refractivity contribution >= 4 is 11.6 Å². The van der Waals surface area contributed by atoms with Crippen LogP contribution >= 0.6 is 11.6 Å². The van der Waals surface area contributed by atoms with Crippen LogP contribution in [0.15, 0.2) is 18.3 Å². The monoisotopic (exact) mass is 200 g/mol. The molecule has 1 heterocycles. The molecule has 0 saturated carbocycles. The van der Waals surface area contributed by atoms with Crippen molar-refractivity contribution < 1.29 is 5.21 Å². The van der Waals surface area contributed by atoms with Crippen LogP contribution in [0.1, 0.15) is 19.4 Å². The summed E-state index contributed by atoms with van der Waals surface area (Å²) in [7, 11) is 0. The highest BCUT2D eigenvalue weighted by Crippen LogP contribution is 2.08. The molecule has 0 amide bonds. The minimum atomic E-state index is 0.107. The third-order valence-corrected chi connectivity index (χ3v) is 1.95. The Morgan fingerprint density at radius 2 is 2.23 bits per heavy atom. The molecule has 0 aliphatic rings. The normalized spacial score (nSPS) is 11.2. The van der Waals surface area contributed by atoms with Gasteiger partial charge in [0.1, 0.15) is 5.15 Å². The van der Waals surface area contributed by atoms with Crippen molar-refractivity contribution in [1.29, 1.82) is 0 Å². The summed E-state index contributed by atoms with van der Waals surface area (Å²) in [6.07, 6.45) is 1.66. The summed E-state index contributed by atoms with van der Waals surface area (Å²) in [6.45, 7) is 4.31. The Hall–Kier alpha value is -0.640.